The minimum atomic E-state index is -0.446. The number of hydrogen-bond acceptors (Lipinski definition) is 6. The van der Waals surface area contributed by atoms with Crippen molar-refractivity contribution in [2.45, 2.75) is 51.9 Å². The first-order valence-electron chi connectivity index (χ1n) is 7.97. The van der Waals surface area contributed by atoms with E-state index in [9.17, 15) is 9.59 Å². The summed E-state index contributed by atoms with van der Waals surface area (Å²) < 4.78 is 4.79. The molecule has 6 nitrogen and oxygen atoms in total. The fourth-order valence-electron chi connectivity index (χ4n) is 2.61. The number of carbonyl (C=O) groups is 2. The van der Waals surface area contributed by atoms with E-state index in [4.69, 9.17) is 4.74 Å². The quantitative estimate of drug-likeness (QED) is 0.380. The molecule has 2 aromatic heterocycles. The number of Topliss-reactive ketones (excluding diaryl/α,β-unsaturated/α-hetero) is 1. The Kier molecular flexibility index (Phi) is 5.67. The van der Waals surface area contributed by atoms with Crippen LogP contribution >= 0.6 is 11.8 Å². The van der Waals surface area contributed by atoms with Crippen molar-refractivity contribution >= 4 is 23.5 Å². The van der Waals surface area contributed by atoms with Gasteiger partial charge in [-0.2, -0.15) is 0 Å². The molecule has 0 aromatic carbocycles. The molecule has 0 aliphatic carbocycles. The summed E-state index contributed by atoms with van der Waals surface area (Å²) in [5, 5.41) is 0.194. The number of rotatable bonds is 5. The van der Waals surface area contributed by atoms with Crippen molar-refractivity contribution in [1.29, 1.82) is 0 Å². The molecule has 0 saturated heterocycles. The van der Waals surface area contributed by atoms with Crippen LogP contribution in [0.1, 0.15) is 56.0 Å². The number of H-pyrrole nitrogens is 1. The van der Waals surface area contributed by atoms with Crippen molar-refractivity contribution in [2.24, 2.45) is 0 Å². The van der Waals surface area contributed by atoms with E-state index in [1.54, 1.807) is 13.8 Å². The van der Waals surface area contributed by atoms with E-state index in [1.165, 1.54) is 18.9 Å². The van der Waals surface area contributed by atoms with Crippen molar-refractivity contribution in [3.05, 3.63) is 39.5 Å². The Balaban J connectivity index is 2.28. The van der Waals surface area contributed by atoms with Crippen molar-refractivity contribution in [3.63, 3.8) is 0 Å². The second-order valence-electron chi connectivity index (χ2n) is 6.04. The molecule has 0 amide bonds. The Morgan fingerprint density at radius 2 is 1.60 bits per heavy atom. The van der Waals surface area contributed by atoms with Gasteiger partial charge in [-0.05, 0) is 52.7 Å². The average Bonchev–Trinajstić information content (AvgIpc) is 2.85. The lowest BCUT2D eigenvalue weighted by atomic mass is 10.1. The standard InChI is InChI=1S/C18H23N3O3S/c1-8-10(3)20-18(21-11(8)4)25-13(6)16(22)15-9(2)14(12(5)19-15)17(23)24-7/h13,19H,1-7H3/t13-/m1/s1. The number of carbonyl (C=O) groups excluding carboxylic acids is 2. The van der Waals surface area contributed by atoms with Gasteiger partial charge < -0.3 is 9.72 Å². The highest BCUT2D eigenvalue weighted by molar-refractivity contribution is 8.00. The zero-order valence-electron chi connectivity index (χ0n) is 15.6. The molecule has 2 aromatic rings. The van der Waals surface area contributed by atoms with Crippen LogP contribution in [0, 0.1) is 34.6 Å². The molecule has 2 heterocycles. The van der Waals surface area contributed by atoms with Crippen LogP contribution in [0.5, 0.6) is 0 Å². The summed E-state index contributed by atoms with van der Waals surface area (Å²) in [6.07, 6.45) is 0. The van der Waals surface area contributed by atoms with E-state index >= 15 is 0 Å². The lowest BCUT2D eigenvalue weighted by molar-refractivity contribution is 0.0599. The second kappa shape index (κ2) is 7.39. The van der Waals surface area contributed by atoms with E-state index in [0.29, 0.717) is 27.7 Å². The van der Waals surface area contributed by atoms with Gasteiger partial charge in [0, 0.05) is 17.1 Å². The van der Waals surface area contributed by atoms with Crippen LogP contribution in [0.4, 0.5) is 0 Å². The molecule has 0 unspecified atom stereocenters. The van der Waals surface area contributed by atoms with Crippen LogP contribution in [0.25, 0.3) is 0 Å². The zero-order chi connectivity index (χ0) is 18.9. The molecular formula is C18H23N3O3S. The summed E-state index contributed by atoms with van der Waals surface area (Å²) in [6, 6.07) is 0. The van der Waals surface area contributed by atoms with Gasteiger partial charge in [0.2, 0.25) is 0 Å². The number of thioether (sulfide) groups is 1. The predicted molar refractivity (Wildman–Crippen MR) is 97.5 cm³/mol. The molecule has 0 aliphatic heterocycles. The topological polar surface area (TPSA) is 84.9 Å². The molecule has 1 atom stereocenters. The molecule has 0 bridgehead atoms. The first-order valence-corrected chi connectivity index (χ1v) is 8.85. The zero-order valence-corrected chi connectivity index (χ0v) is 16.4. The van der Waals surface area contributed by atoms with Gasteiger partial charge in [0.1, 0.15) is 0 Å². The van der Waals surface area contributed by atoms with E-state index < -0.39 is 5.97 Å². The number of esters is 1. The van der Waals surface area contributed by atoms with Gasteiger partial charge in [0.15, 0.2) is 10.9 Å². The van der Waals surface area contributed by atoms with Crippen LogP contribution in [0.2, 0.25) is 0 Å². The number of aryl methyl sites for hydroxylation is 3. The number of aromatic nitrogens is 3. The molecule has 25 heavy (non-hydrogen) atoms. The van der Waals surface area contributed by atoms with Gasteiger partial charge in [0.25, 0.3) is 0 Å². The Labute approximate surface area is 151 Å². The summed E-state index contributed by atoms with van der Waals surface area (Å²) in [6.45, 7) is 11.2. The van der Waals surface area contributed by atoms with Crippen molar-refractivity contribution in [3.8, 4) is 0 Å². The molecule has 2 rings (SSSR count). The number of hydrogen-bond donors (Lipinski definition) is 1. The molecule has 7 heteroatoms. The number of nitrogens with one attached hydrogen (secondary N) is 1. The summed E-state index contributed by atoms with van der Waals surface area (Å²) in [5.74, 6) is -0.543. The van der Waals surface area contributed by atoms with Crippen LogP contribution in [0.15, 0.2) is 5.16 Å². The van der Waals surface area contributed by atoms with Crippen molar-refractivity contribution in [2.75, 3.05) is 7.11 Å². The fraction of sp³-hybridized carbons (Fsp3) is 0.444. The minimum Gasteiger partial charge on any atom is -0.465 e. The monoisotopic (exact) mass is 361 g/mol. The third-order valence-electron chi connectivity index (χ3n) is 4.34. The molecule has 0 radical (unpaired) electrons. The summed E-state index contributed by atoms with van der Waals surface area (Å²) in [4.78, 5) is 36.6. The Hall–Kier alpha value is -2.15. The maximum atomic E-state index is 12.8. The molecule has 0 aliphatic rings. The first kappa shape index (κ1) is 19.2. The van der Waals surface area contributed by atoms with E-state index in [-0.39, 0.29) is 11.0 Å². The maximum Gasteiger partial charge on any atom is 0.339 e. The molecule has 1 N–H and O–H groups in total. The van der Waals surface area contributed by atoms with Crippen LogP contribution in [-0.2, 0) is 4.74 Å². The molecule has 0 spiro atoms. The lowest BCUT2D eigenvalue weighted by Crippen LogP contribution is -2.16. The Morgan fingerprint density at radius 1 is 1.04 bits per heavy atom. The van der Waals surface area contributed by atoms with Gasteiger partial charge in [-0.3, -0.25) is 4.79 Å². The van der Waals surface area contributed by atoms with Gasteiger partial charge in [-0.25, -0.2) is 14.8 Å². The largest absolute Gasteiger partial charge is 0.465 e. The summed E-state index contributed by atoms with van der Waals surface area (Å²) in [5.41, 5.74) is 4.97. The van der Waals surface area contributed by atoms with Crippen LogP contribution < -0.4 is 0 Å². The number of nitrogens with zero attached hydrogens (tertiary/aromatic N) is 2. The van der Waals surface area contributed by atoms with Gasteiger partial charge in [-0.1, -0.05) is 11.8 Å². The third kappa shape index (κ3) is 3.76. The maximum absolute atomic E-state index is 12.8. The fourth-order valence-corrected chi connectivity index (χ4v) is 3.53. The number of methoxy groups -OCH3 is 1. The summed E-state index contributed by atoms with van der Waals surface area (Å²) in [7, 11) is 1.33. The van der Waals surface area contributed by atoms with Gasteiger partial charge >= 0.3 is 5.97 Å². The van der Waals surface area contributed by atoms with Gasteiger partial charge in [-0.15, -0.1) is 0 Å². The number of aromatic amines is 1. The molecule has 134 valence electrons. The molecule has 0 fully saturated rings. The van der Waals surface area contributed by atoms with Crippen LogP contribution in [-0.4, -0.2) is 39.1 Å². The van der Waals surface area contributed by atoms with Crippen molar-refractivity contribution in [1.82, 2.24) is 15.0 Å². The lowest BCUT2D eigenvalue weighted by Gasteiger charge is -2.11. The van der Waals surface area contributed by atoms with E-state index in [1.807, 2.05) is 27.7 Å². The SMILES string of the molecule is COC(=O)c1c(C)[nH]c(C(=O)[C@@H](C)Sc2nc(C)c(C)c(C)n2)c1C. The molecule has 0 saturated carbocycles. The smallest absolute Gasteiger partial charge is 0.339 e. The highest BCUT2D eigenvalue weighted by Gasteiger charge is 2.26. The molecular weight excluding hydrogens is 338 g/mol. The number of ketones is 1. The van der Waals surface area contributed by atoms with Crippen molar-refractivity contribution < 1.29 is 14.3 Å². The average molecular weight is 361 g/mol. The highest BCUT2D eigenvalue weighted by atomic mass is 32.2. The highest BCUT2D eigenvalue weighted by Crippen LogP contribution is 2.27. The third-order valence-corrected chi connectivity index (χ3v) is 5.30. The van der Waals surface area contributed by atoms with E-state index in [2.05, 4.69) is 15.0 Å². The van der Waals surface area contributed by atoms with Gasteiger partial charge in [0.05, 0.1) is 23.6 Å². The van der Waals surface area contributed by atoms with Crippen LogP contribution in [0.3, 0.4) is 0 Å². The van der Waals surface area contributed by atoms with E-state index in [0.717, 1.165) is 17.0 Å². The number of ether oxygens (including phenoxy) is 1. The first-order chi connectivity index (χ1) is 11.7. The summed E-state index contributed by atoms with van der Waals surface area (Å²) >= 11 is 1.31. The minimum absolute atomic E-state index is 0.0970. The second-order valence-corrected chi connectivity index (χ2v) is 7.35. The Bertz CT molecular complexity index is 819. The normalized spacial score (nSPS) is 12.1. The predicted octanol–water partition coefficient (Wildman–Crippen LogP) is 3.50. The Morgan fingerprint density at radius 3 is 2.12 bits per heavy atom.